The van der Waals surface area contributed by atoms with Crippen molar-refractivity contribution >= 4 is 27.8 Å². The predicted octanol–water partition coefficient (Wildman–Crippen LogP) is 1.96. The average molecular weight is 338 g/mol. The highest BCUT2D eigenvalue weighted by molar-refractivity contribution is 5.95. The molecule has 2 aromatic carbocycles. The molecular formula is C17H11FN4O3. The van der Waals surface area contributed by atoms with Crippen molar-refractivity contribution < 1.29 is 14.3 Å². The molecule has 25 heavy (non-hydrogen) atoms. The van der Waals surface area contributed by atoms with Gasteiger partial charge >= 0.3 is 5.97 Å². The fourth-order valence-electron chi connectivity index (χ4n) is 2.93. The van der Waals surface area contributed by atoms with Gasteiger partial charge in [-0.05, 0) is 36.4 Å². The minimum Gasteiger partial charge on any atom is -0.480 e. The number of fused-ring (bicyclic) bond motifs is 2. The summed E-state index contributed by atoms with van der Waals surface area (Å²) in [5, 5.41) is 13.7. The molecule has 0 spiro atoms. The molecular weight excluding hydrogens is 327 g/mol. The number of halogens is 1. The molecule has 4 rings (SSSR count). The third-order valence-corrected chi connectivity index (χ3v) is 3.99. The molecule has 7 nitrogen and oxygen atoms in total. The standard InChI is InChI=1S/C17H11FN4O3/c18-10-1-4-14-13(5-10)17(25)12-3-2-11(22-9-19-8-20-22)6-15(12)21(14)7-16(23)24/h1-6,8-9H,7H2,(H,23,24). The number of hydrogen-bond acceptors (Lipinski definition) is 4. The Morgan fingerprint density at radius 2 is 1.96 bits per heavy atom. The first-order valence-electron chi connectivity index (χ1n) is 7.37. The number of aromatic nitrogens is 4. The van der Waals surface area contributed by atoms with E-state index >= 15 is 0 Å². The van der Waals surface area contributed by atoms with E-state index in [4.69, 9.17) is 0 Å². The molecule has 0 aliphatic rings. The quantitative estimate of drug-likeness (QED) is 0.577. The van der Waals surface area contributed by atoms with Gasteiger partial charge < -0.3 is 9.67 Å². The number of rotatable bonds is 3. The van der Waals surface area contributed by atoms with E-state index in [2.05, 4.69) is 10.1 Å². The SMILES string of the molecule is O=C(O)Cn1c2ccc(F)cc2c(=O)c2ccc(-n3cncn3)cc21. The van der Waals surface area contributed by atoms with E-state index in [1.54, 1.807) is 18.2 Å². The van der Waals surface area contributed by atoms with Crippen LogP contribution in [0.5, 0.6) is 0 Å². The summed E-state index contributed by atoms with van der Waals surface area (Å²) in [5.74, 6) is -1.62. The van der Waals surface area contributed by atoms with Crippen LogP contribution >= 0.6 is 0 Å². The summed E-state index contributed by atoms with van der Waals surface area (Å²) in [7, 11) is 0. The van der Waals surface area contributed by atoms with Gasteiger partial charge in [-0.25, -0.2) is 14.1 Å². The number of carboxylic acid groups (broad SMARTS) is 1. The fraction of sp³-hybridized carbons (Fsp3) is 0.0588. The topological polar surface area (TPSA) is 90.0 Å². The summed E-state index contributed by atoms with van der Waals surface area (Å²) in [6.07, 6.45) is 2.87. The monoisotopic (exact) mass is 338 g/mol. The molecule has 0 atom stereocenters. The number of hydrogen-bond donors (Lipinski definition) is 1. The zero-order valence-corrected chi connectivity index (χ0v) is 12.8. The van der Waals surface area contributed by atoms with Gasteiger partial charge in [0.05, 0.1) is 16.7 Å². The van der Waals surface area contributed by atoms with E-state index in [1.165, 1.54) is 34.0 Å². The Morgan fingerprint density at radius 3 is 2.68 bits per heavy atom. The lowest BCUT2D eigenvalue weighted by atomic mass is 10.1. The van der Waals surface area contributed by atoms with Crippen LogP contribution in [0.3, 0.4) is 0 Å². The van der Waals surface area contributed by atoms with Gasteiger partial charge in [-0.1, -0.05) is 0 Å². The maximum atomic E-state index is 13.6. The lowest BCUT2D eigenvalue weighted by Crippen LogP contribution is -2.16. The Morgan fingerprint density at radius 1 is 1.12 bits per heavy atom. The summed E-state index contributed by atoms with van der Waals surface area (Å²) in [6.45, 7) is -0.361. The zero-order chi connectivity index (χ0) is 17.6. The summed E-state index contributed by atoms with van der Waals surface area (Å²) in [6, 6.07) is 8.66. The molecule has 0 aliphatic carbocycles. The van der Waals surface area contributed by atoms with Gasteiger partial charge in [-0.15, -0.1) is 0 Å². The first-order chi connectivity index (χ1) is 12.0. The van der Waals surface area contributed by atoms with E-state index < -0.39 is 11.8 Å². The summed E-state index contributed by atoms with van der Waals surface area (Å²) < 4.78 is 16.6. The van der Waals surface area contributed by atoms with Crippen molar-refractivity contribution in [1.82, 2.24) is 19.3 Å². The van der Waals surface area contributed by atoms with E-state index in [0.29, 0.717) is 22.1 Å². The van der Waals surface area contributed by atoms with Crippen LogP contribution in [0, 0.1) is 5.82 Å². The third kappa shape index (κ3) is 2.44. The second-order valence-corrected chi connectivity index (χ2v) is 5.51. The Balaban J connectivity index is 2.14. The zero-order valence-electron chi connectivity index (χ0n) is 12.8. The van der Waals surface area contributed by atoms with Crippen LogP contribution in [0.25, 0.3) is 27.5 Å². The lowest BCUT2D eigenvalue weighted by molar-refractivity contribution is -0.137. The predicted molar refractivity (Wildman–Crippen MR) is 88.2 cm³/mol. The van der Waals surface area contributed by atoms with Crippen molar-refractivity contribution in [2.45, 2.75) is 6.54 Å². The third-order valence-electron chi connectivity index (χ3n) is 3.99. The Hall–Kier alpha value is -3.55. The van der Waals surface area contributed by atoms with E-state index in [1.807, 2.05) is 0 Å². The van der Waals surface area contributed by atoms with Crippen LogP contribution in [0.15, 0.2) is 53.8 Å². The molecule has 4 aromatic rings. The number of pyridine rings is 1. The maximum Gasteiger partial charge on any atom is 0.323 e. The van der Waals surface area contributed by atoms with Crippen molar-refractivity contribution in [3.8, 4) is 5.69 Å². The largest absolute Gasteiger partial charge is 0.480 e. The van der Waals surface area contributed by atoms with Gasteiger partial charge in [-0.2, -0.15) is 5.10 Å². The maximum absolute atomic E-state index is 13.6. The molecule has 0 amide bonds. The van der Waals surface area contributed by atoms with Crippen molar-refractivity contribution in [2.24, 2.45) is 0 Å². The van der Waals surface area contributed by atoms with Crippen LogP contribution in [0.1, 0.15) is 0 Å². The van der Waals surface area contributed by atoms with Gasteiger partial charge in [0.25, 0.3) is 0 Å². The Labute approximate surface area is 139 Å². The fourth-order valence-corrected chi connectivity index (χ4v) is 2.93. The molecule has 0 fully saturated rings. The van der Waals surface area contributed by atoms with Crippen LogP contribution in [-0.2, 0) is 11.3 Å². The average Bonchev–Trinajstić information content (AvgIpc) is 3.12. The molecule has 1 N–H and O–H groups in total. The molecule has 0 aliphatic heterocycles. The highest BCUT2D eigenvalue weighted by atomic mass is 19.1. The highest BCUT2D eigenvalue weighted by Gasteiger charge is 2.14. The first kappa shape index (κ1) is 15.0. The molecule has 0 saturated heterocycles. The smallest absolute Gasteiger partial charge is 0.323 e. The summed E-state index contributed by atoms with van der Waals surface area (Å²) >= 11 is 0. The molecule has 2 aromatic heterocycles. The van der Waals surface area contributed by atoms with Gasteiger partial charge in [0, 0.05) is 10.8 Å². The second kappa shape index (κ2) is 5.52. The number of benzene rings is 2. The van der Waals surface area contributed by atoms with Gasteiger partial charge in [-0.3, -0.25) is 9.59 Å². The summed E-state index contributed by atoms with van der Waals surface area (Å²) in [4.78, 5) is 27.9. The highest BCUT2D eigenvalue weighted by Crippen LogP contribution is 2.22. The van der Waals surface area contributed by atoms with Crippen molar-refractivity contribution in [1.29, 1.82) is 0 Å². The second-order valence-electron chi connectivity index (χ2n) is 5.51. The van der Waals surface area contributed by atoms with Gasteiger partial charge in [0.15, 0.2) is 5.43 Å². The van der Waals surface area contributed by atoms with Crippen molar-refractivity contribution in [3.05, 3.63) is 65.1 Å². The van der Waals surface area contributed by atoms with E-state index in [0.717, 1.165) is 6.07 Å². The summed E-state index contributed by atoms with van der Waals surface area (Å²) in [5.41, 5.74) is 1.07. The Kier molecular flexibility index (Phi) is 3.31. The number of carbonyl (C=O) groups is 1. The van der Waals surface area contributed by atoms with Crippen molar-refractivity contribution in [3.63, 3.8) is 0 Å². The van der Waals surface area contributed by atoms with Crippen LogP contribution < -0.4 is 5.43 Å². The van der Waals surface area contributed by atoms with Crippen LogP contribution in [0.4, 0.5) is 4.39 Å². The Bertz CT molecular complexity index is 1180. The van der Waals surface area contributed by atoms with Gasteiger partial charge in [0.2, 0.25) is 0 Å². The molecule has 2 heterocycles. The number of nitrogens with zero attached hydrogens (tertiary/aromatic N) is 4. The molecule has 0 unspecified atom stereocenters. The lowest BCUT2D eigenvalue weighted by Gasteiger charge is -2.14. The molecule has 8 heteroatoms. The minimum atomic E-state index is -1.07. The molecule has 124 valence electrons. The normalized spacial score (nSPS) is 11.2. The van der Waals surface area contributed by atoms with Crippen molar-refractivity contribution in [2.75, 3.05) is 0 Å². The van der Waals surface area contributed by atoms with Gasteiger partial charge in [0.1, 0.15) is 25.0 Å². The number of carboxylic acids is 1. The molecule has 0 bridgehead atoms. The first-order valence-corrected chi connectivity index (χ1v) is 7.37. The van der Waals surface area contributed by atoms with Crippen LogP contribution in [-0.4, -0.2) is 30.4 Å². The minimum absolute atomic E-state index is 0.141. The van der Waals surface area contributed by atoms with E-state index in [9.17, 15) is 19.1 Å². The van der Waals surface area contributed by atoms with Crippen LogP contribution in [0.2, 0.25) is 0 Å². The number of aliphatic carboxylic acids is 1. The molecule has 0 radical (unpaired) electrons. The van der Waals surface area contributed by atoms with E-state index in [-0.39, 0.29) is 17.4 Å². The molecule has 0 saturated carbocycles.